The van der Waals surface area contributed by atoms with Crippen molar-refractivity contribution < 1.29 is 4.79 Å². The lowest BCUT2D eigenvalue weighted by Crippen LogP contribution is -2.31. The molecule has 1 aliphatic heterocycles. The normalized spacial score (nSPS) is 21.1. The fraction of sp³-hybridized carbons (Fsp3) is 0.632. The van der Waals surface area contributed by atoms with Crippen molar-refractivity contribution in [3.8, 4) is 0 Å². The van der Waals surface area contributed by atoms with Gasteiger partial charge in [-0.2, -0.15) is 0 Å². The molecule has 0 aromatic heterocycles. The van der Waals surface area contributed by atoms with Crippen LogP contribution in [0.1, 0.15) is 55.6 Å². The summed E-state index contributed by atoms with van der Waals surface area (Å²) in [5.41, 5.74) is 2.93. The van der Waals surface area contributed by atoms with Crippen molar-refractivity contribution in [3.05, 3.63) is 35.4 Å². The summed E-state index contributed by atoms with van der Waals surface area (Å²) >= 11 is 0. The van der Waals surface area contributed by atoms with Gasteiger partial charge in [0, 0.05) is 18.9 Å². The first kappa shape index (κ1) is 18.3. The molecule has 0 bridgehead atoms. The van der Waals surface area contributed by atoms with Crippen molar-refractivity contribution in [3.63, 3.8) is 0 Å². The molecule has 2 aliphatic rings. The molecule has 3 rings (SSSR count). The Labute approximate surface area is 146 Å². The third-order valence-electron chi connectivity index (χ3n) is 5.28. The van der Waals surface area contributed by atoms with E-state index in [0.717, 1.165) is 32.0 Å². The minimum atomic E-state index is 0. The van der Waals surface area contributed by atoms with Crippen LogP contribution >= 0.6 is 12.4 Å². The second kappa shape index (κ2) is 9.29. The molecular weight excluding hydrogens is 308 g/mol. The largest absolute Gasteiger partial charge is 0.355 e. The topological polar surface area (TPSA) is 41.1 Å². The summed E-state index contributed by atoms with van der Waals surface area (Å²) in [5.74, 6) is 1.48. The molecule has 1 aromatic carbocycles. The Morgan fingerprint density at radius 2 is 1.96 bits per heavy atom. The maximum Gasteiger partial charge on any atom is 0.220 e. The second-order valence-corrected chi connectivity index (χ2v) is 6.82. The number of rotatable bonds is 5. The Kier molecular flexibility index (Phi) is 7.38. The smallest absolute Gasteiger partial charge is 0.220 e. The summed E-state index contributed by atoms with van der Waals surface area (Å²) in [6.45, 7) is 3.04. The van der Waals surface area contributed by atoms with Gasteiger partial charge in [-0.1, -0.05) is 24.3 Å². The Bertz CT molecular complexity index is 500. The lowest BCUT2D eigenvalue weighted by atomic mass is 9.83. The number of carbonyl (C=O) groups is 1. The van der Waals surface area contributed by atoms with E-state index in [-0.39, 0.29) is 18.3 Å². The SMILES string of the molecule is Cl.O=C(CCC1CCNCC1)NCC1CCCc2ccccc21. The number of aryl methyl sites for hydroxylation is 1. The molecule has 2 N–H and O–H groups in total. The highest BCUT2D eigenvalue weighted by Crippen LogP contribution is 2.30. The van der Waals surface area contributed by atoms with E-state index in [0.29, 0.717) is 12.3 Å². The van der Waals surface area contributed by atoms with Gasteiger partial charge in [0.1, 0.15) is 0 Å². The van der Waals surface area contributed by atoms with Gasteiger partial charge in [0.2, 0.25) is 5.91 Å². The van der Waals surface area contributed by atoms with Crippen LogP contribution in [-0.4, -0.2) is 25.5 Å². The van der Waals surface area contributed by atoms with Gasteiger partial charge in [-0.3, -0.25) is 4.79 Å². The molecule has 0 saturated carbocycles. The second-order valence-electron chi connectivity index (χ2n) is 6.82. The van der Waals surface area contributed by atoms with Crippen LogP contribution in [0.3, 0.4) is 0 Å². The molecule has 1 saturated heterocycles. The van der Waals surface area contributed by atoms with Crippen LogP contribution in [-0.2, 0) is 11.2 Å². The van der Waals surface area contributed by atoms with E-state index in [1.165, 1.54) is 43.2 Å². The number of piperidine rings is 1. The van der Waals surface area contributed by atoms with E-state index in [4.69, 9.17) is 0 Å². The van der Waals surface area contributed by atoms with Gasteiger partial charge in [-0.25, -0.2) is 0 Å². The molecule has 1 atom stereocenters. The third kappa shape index (κ3) is 5.22. The third-order valence-corrected chi connectivity index (χ3v) is 5.28. The highest BCUT2D eigenvalue weighted by molar-refractivity contribution is 5.85. The Morgan fingerprint density at radius 1 is 1.17 bits per heavy atom. The van der Waals surface area contributed by atoms with Gasteiger partial charge in [0.15, 0.2) is 0 Å². The predicted molar refractivity (Wildman–Crippen MR) is 97.2 cm³/mol. The molecule has 3 nitrogen and oxygen atoms in total. The van der Waals surface area contributed by atoms with Crippen LogP contribution in [0.25, 0.3) is 0 Å². The number of hydrogen-bond acceptors (Lipinski definition) is 2. The summed E-state index contributed by atoms with van der Waals surface area (Å²) in [4.78, 5) is 12.1. The van der Waals surface area contributed by atoms with Crippen molar-refractivity contribution >= 4 is 18.3 Å². The average molecular weight is 337 g/mol. The van der Waals surface area contributed by atoms with E-state index >= 15 is 0 Å². The highest BCUT2D eigenvalue weighted by atomic mass is 35.5. The zero-order valence-corrected chi connectivity index (χ0v) is 14.7. The van der Waals surface area contributed by atoms with Crippen LogP contribution in [0, 0.1) is 5.92 Å². The molecule has 1 aromatic rings. The first-order valence-electron chi connectivity index (χ1n) is 8.88. The molecule has 1 unspecified atom stereocenters. The molecule has 23 heavy (non-hydrogen) atoms. The van der Waals surface area contributed by atoms with Crippen molar-refractivity contribution in [2.45, 2.75) is 50.9 Å². The van der Waals surface area contributed by atoms with Gasteiger partial charge >= 0.3 is 0 Å². The zero-order chi connectivity index (χ0) is 15.2. The Hall–Kier alpha value is -1.06. The summed E-state index contributed by atoms with van der Waals surface area (Å²) in [6, 6.07) is 8.72. The quantitative estimate of drug-likeness (QED) is 0.865. The van der Waals surface area contributed by atoms with Crippen molar-refractivity contribution in [2.24, 2.45) is 5.92 Å². The Morgan fingerprint density at radius 3 is 2.78 bits per heavy atom. The van der Waals surface area contributed by atoms with E-state index in [2.05, 4.69) is 34.9 Å². The number of hydrogen-bond donors (Lipinski definition) is 2. The fourth-order valence-corrected chi connectivity index (χ4v) is 3.90. The van der Waals surface area contributed by atoms with Crippen LogP contribution in [0.15, 0.2) is 24.3 Å². The predicted octanol–water partition coefficient (Wildman–Crippen LogP) is 3.42. The van der Waals surface area contributed by atoms with Crippen LogP contribution in [0.2, 0.25) is 0 Å². The van der Waals surface area contributed by atoms with Crippen molar-refractivity contribution in [1.29, 1.82) is 0 Å². The van der Waals surface area contributed by atoms with Crippen molar-refractivity contribution in [1.82, 2.24) is 10.6 Å². The summed E-state index contributed by atoms with van der Waals surface area (Å²) < 4.78 is 0. The number of amides is 1. The molecule has 4 heteroatoms. The molecule has 0 spiro atoms. The van der Waals surface area contributed by atoms with Crippen LogP contribution < -0.4 is 10.6 Å². The number of nitrogens with one attached hydrogen (secondary N) is 2. The van der Waals surface area contributed by atoms with E-state index in [1.807, 2.05) is 0 Å². The summed E-state index contributed by atoms with van der Waals surface area (Å²) in [5, 5.41) is 6.56. The number of halogens is 1. The molecule has 1 heterocycles. The first-order chi connectivity index (χ1) is 10.8. The molecule has 0 radical (unpaired) electrons. The van der Waals surface area contributed by atoms with Gasteiger partial charge in [0.25, 0.3) is 0 Å². The van der Waals surface area contributed by atoms with Gasteiger partial charge < -0.3 is 10.6 Å². The van der Waals surface area contributed by atoms with E-state index in [9.17, 15) is 4.79 Å². The van der Waals surface area contributed by atoms with Gasteiger partial charge in [0.05, 0.1) is 0 Å². The number of fused-ring (bicyclic) bond motifs is 1. The van der Waals surface area contributed by atoms with Gasteiger partial charge in [-0.15, -0.1) is 12.4 Å². The fourth-order valence-electron chi connectivity index (χ4n) is 3.90. The monoisotopic (exact) mass is 336 g/mol. The molecule has 1 fully saturated rings. The number of carbonyl (C=O) groups excluding carboxylic acids is 1. The molecular formula is C19H29ClN2O. The first-order valence-corrected chi connectivity index (χ1v) is 8.88. The van der Waals surface area contributed by atoms with Crippen LogP contribution in [0.4, 0.5) is 0 Å². The maximum atomic E-state index is 12.1. The number of benzene rings is 1. The Balaban J connectivity index is 0.00000192. The summed E-state index contributed by atoms with van der Waals surface area (Å²) in [7, 11) is 0. The van der Waals surface area contributed by atoms with E-state index < -0.39 is 0 Å². The average Bonchev–Trinajstić information content (AvgIpc) is 2.59. The molecule has 1 amide bonds. The lowest BCUT2D eigenvalue weighted by Gasteiger charge is -2.26. The van der Waals surface area contributed by atoms with Gasteiger partial charge in [-0.05, 0) is 68.7 Å². The lowest BCUT2D eigenvalue weighted by molar-refractivity contribution is -0.121. The van der Waals surface area contributed by atoms with Crippen LogP contribution in [0.5, 0.6) is 0 Å². The minimum absolute atomic E-state index is 0. The highest BCUT2D eigenvalue weighted by Gasteiger charge is 2.20. The minimum Gasteiger partial charge on any atom is -0.355 e. The molecule has 1 aliphatic carbocycles. The zero-order valence-electron chi connectivity index (χ0n) is 13.9. The maximum absolute atomic E-state index is 12.1. The van der Waals surface area contributed by atoms with E-state index in [1.54, 1.807) is 0 Å². The summed E-state index contributed by atoms with van der Waals surface area (Å²) in [6.07, 6.45) is 7.83. The van der Waals surface area contributed by atoms with Crippen molar-refractivity contribution in [2.75, 3.05) is 19.6 Å². The molecule has 128 valence electrons. The standard InChI is InChI=1S/C19H28N2O.ClH/c22-19(9-8-15-10-12-20-13-11-15)21-14-17-6-3-5-16-4-1-2-7-18(16)17;/h1-2,4,7,15,17,20H,3,5-6,8-14H2,(H,21,22);1H.